The third-order valence-corrected chi connectivity index (χ3v) is 1.80. The molecule has 0 spiro atoms. The Morgan fingerprint density at radius 2 is 2.00 bits per heavy atom. The molecular weight excluding hydrogens is 142 g/mol. The quantitative estimate of drug-likeness (QED) is 0.498. The third kappa shape index (κ3) is 2.51. The molecule has 1 fully saturated rings. The summed E-state index contributed by atoms with van der Waals surface area (Å²) in [6.07, 6.45) is 0. The number of nitrogens with zero attached hydrogens (tertiary/aromatic N) is 1. The van der Waals surface area contributed by atoms with Crippen molar-refractivity contribution in [1.82, 2.24) is 4.90 Å². The molecule has 0 saturated carbocycles. The van der Waals surface area contributed by atoms with Crippen LogP contribution < -0.4 is 0 Å². The van der Waals surface area contributed by atoms with Crippen molar-refractivity contribution in [3.8, 4) is 11.8 Å². The first-order valence-corrected chi connectivity index (χ1v) is 3.76. The van der Waals surface area contributed by atoms with E-state index in [1.807, 2.05) is 0 Å². The van der Waals surface area contributed by atoms with Gasteiger partial charge in [-0.1, -0.05) is 11.8 Å². The van der Waals surface area contributed by atoms with Gasteiger partial charge in [0.05, 0.1) is 6.54 Å². The summed E-state index contributed by atoms with van der Waals surface area (Å²) in [7, 11) is 0. The maximum Gasteiger partial charge on any atom is 0.104 e. The maximum absolute atomic E-state index is 8.67. The van der Waals surface area contributed by atoms with Crippen molar-refractivity contribution < 1.29 is 10.2 Å². The fourth-order valence-electron chi connectivity index (χ4n) is 1.14. The van der Waals surface area contributed by atoms with Crippen LogP contribution >= 0.6 is 0 Å². The van der Waals surface area contributed by atoms with E-state index in [1.165, 1.54) is 0 Å². The monoisotopic (exact) mass is 155 g/mol. The van der Waals surface area contributed by atoms with Gasteiger partial charge in [0, 0.05) is 25.6 Å². The molecule has 1 aliphatic rings. The molecule has 0 radical (unpaired) electrons. The highest BCUT2D eigenvalue weighted by molar-refractivity contribution is 5.02. The van der Waals surface area contributed by atoms with E-state index in [-0.39, 0.29) is 13.2 Å². The first kappa shape index (κ1) is 8.54. The summed E-state index contributed by atoms with van der Waals surface area (Å²) in [4.78, 5) is 2.14. The van der Waals surface area contributed by atoms with Gasteiger partial charge in [-0.2, -0.15) is 0 Å². The molecule has 0 aromatic heterocycles. The summed E-state index contributed by atoms with van der Waals surface area (Å²) in [5, 5.41) is 17.0. The predicted molar refractivity (Wildman–Crippen MR) is 41.9 cm³/mol. The normalized spacial score (nSPS) is 18.7. The standard InChI is InChI=1S/C8H13NO2/c10-4-2-1-3-9-5-8(6-9)7-11/h8,10-11H,3-7H2. The van der Waals surface area contributed by atoms with E-state index in [1.54, 1.807) is 0 Å². The number of hydrogen-bond donors (Lipinski definition) is 2. The summed E-state index contributed by atoms with van der Waals surface area (Å²) in [5.41, 5.74) is 0. The van der Waals surface area contributed by atoms with E-state index in [0.29, 0.717) is 5.92 Å². The van der Waals surface area contributed by atoms with Gasteiger partial charge in [-0.15, -0.1) is 0 Å². The highest BCUT2D eigenvalue weighted by Gasteiger charge is 2.24. The van der Waals surface area contributed by atoms with Crippen LogP contribution in [-0.4, -0.2) is 48.0 Å². The zero-order chi connectivity index (χ0) is 8.10. The first-order valence-electron chi connectivity index (χ1n) is 3.76. The van der Waals surface area contributed by atoms with Gasteiger partial charge in [0.1, 0.15) is 6.61 Å². The molecule has 0 bridgehead atoms. The van der Waals surface area contributed by atoms with E-state index >= 15 is 0 Å². The highest BCUT2D eigenvalue weighted by Crippen LogP contribution is 2.12. The maximum atomic E-state index is 8.67. The van der Waals surface area contributed by atoms with E-state index in [4.69, 9.17) is 10.2 Å². The minimum absolute atomic E-state index is 0.0583. The Hall–Kier alpha value is -0.560. The van der Waals surface area contributed by atoms with Crippen molar-refractivity contribution >= 4 is 0 Å². The number of hydrogen-bond acceptors (Lipinski definition) is 3. The summed E-state index contributed by atoms with van der Waals surface area (Å²) < 4.78 is 0. The lowest BCUT2D eigenvalue weighted by Crippen LogP contribution is -2.48. The topological polar surface area (TPSA) is 43.7 Å². The van der Waals surface area contributed by atoms with E-state index in [0.717, 1.165) is 19.6 Å². The van der Waals surface area contributed by atoms with Crippen LogP contribution in [0.1, 0.15) is 0 Å². The zero-order valence-corrected chi connectivity index (χ0v) is 6.45. The minimum atomic E-state index is -0.0583. The molecule has 0 aromatic rings. The molecule has 1 saturated heterocycles. The molecule has 3 heteroatoms. The van der Waals surface area contributed by atoms with Crippen molar-refractivity contribution in [1.29, 1.82) is 0 Å². The van der Waals surface area contributed by atoms with Crippen LogP contribution in [0.4, 0.5) is 0 Å². The van der Waals surface area contributed by atoms with Gasteiger partial charge >= 0.3 is 0 Å². The zero-order valence-electron chi connectivity index (χ0n) is 6.45. The SMILES string of the molecule is OCC#CCN1CC(CO)C1. The number of aliphatic hydroxyl groups is 2. The Bertz CT molecular complexity index is 165. The summed E-state index contributed by atoms with van der Waals surface area (Å²) in [5.74, 6) is 5.86. The molecule has 1 rings (SSSR count). The Balaban J connectivity index is 2.04. The lowest BCUT2D eigenvalue weighted by molar-refractivity contribution is 0.0654. The first-order chi connectivity index (χ1) is 5.36. The van der Waals surface area contributed by atoms with Crippen LogP contribution in [-0.2, 0) is 0 Å². The number of rotatable bonds is 2. The van der Waals surface area contributed by atoms with Gasteiger partial charge in [0.25, 0.3) is 0 Å². The molecule has 3 nitrogen and oxygen atoms in total. The number of aliphatic hydroxyl groups excluding tert-OH is 2. The highest BCUT2D eigenvalue weighted by atomic mass is 16.3. The van der Waals surface area contributed by atoms with E-state index in [9.17, 15) is 0 Å². The van der Waals surface area contributed by atoms with Gasteiger partial charge in [-0.25, -0.2) is 0 Å². The molecule has 0 amide bonds. The van der Waals surface area contributed by atoms with Gasteiger partial charge in [-0.05, 0) is 0 Å². The molecule has 0 aliphatic carbocycles. The fourth-order valence-corrected chi connectivity index (χ4v) is 1.14. The predicted octanol–water partition coefficient (Wildman–Crippen LogP) is -1.09. The van der Waals surface area contributed by atoms with Gasteiger partial charge in [-0.3, -0.25) is 4.90 Å². The second-order valence-electron chi connectivity index (χ2n) is 2.75. The molecule has 1 aliphatic heterocycles. The van der Waals surface area contributed by atoms with Crippen LogP contribution in [0, 0.1) is 17.8 Å². The minimum Gasteiger partial charge on any atom is -0.396 e. The fraction of sp³-hybridized carbons (Fsp3) is 0.750. The Kier molecular flexibility index (Phi) is 3.37. The van der Waals surface area contributed by atoms with Crippen LogP contribution in [0.5, 0.6) is 0 Å². The van der Waals surface area contributed by atoms with Crippen LogP contribution in [0.25, 0.3) is 0 Å². The van der Waals surface area contributed by atoms with Crippen LogP contribution in [0.2, 0.25) is 0 Å². The molecule has 0 unspecified atom stereocenters. The molecule has 2 N–H and O–H groups in total. The van der Waals surface area contributed by atoms with Crippen molar-refractivity contribution in [2.75, 3.05) is 32.8 Å². The summed E-state index contributed by atoms with van der Waals surface area (Å²) >= 11 is 0. The second-order valence-corrected chi connectivity index (χ2v) is 2.75. The lowest BCUT2D eigenvalue weighted by Gasteiger charge is -2.36. The van der Waals surface area contributed by atoms with Crippen molar-refractivity contribution in [2.45, 2.75) is 0 Å². The average molecular weight is 155 g/mol. The van der Waals surface area contributed by atoms with Crippen LogP contribution in [0.15, 0.2) is 0 Å². The van der Waals surface area contributed by atoms with E-state index < -0.39 is 0 Å². The molecule has 11 heavy (non-hydrogen) atoms. The van der Waals surface area contributed by atoms with Crippen LogP contribution in [0.3, 0.4) is 0 Å². The molecule has 62 valence electrons. The number of likely N-dealkylation sites (tertiary alicyclic amines) is 1. The second kappa shape index (κ2) is 4.35. The third-order valence-electron chi connectivity index (χ3n) is 1.80. The Labute approximate surface area is 66.6 Å². The molecule has 0 atom stereocenters. The molecular formula is C8H13NO2. The lowest BCUT2D eigenvalue weighted by atomic mass is 10.0. The average Bonchev–Trinajstić information content (AvgIpc) is 1.94. The van der Waals surface area contributed by atoms with Crippen molar-refractivity contribution in [2.24, 2.45) is 5.92 Å². The Morgan fingerprint density at radius 3 is 2.55 bits per heavy atom. The van der Waals surface area contributed by atoms with Gasteiger partial charge in [0.15, 0.2) is 0 Å². The molecule has 0 aromatic carbocycles. The van der Waals surface area contributed by atoms with Gasteiger partial charge < -0.3 is 10.2 Å². The largest absolute Gasteiger partial charge is 0.396 e. The van der Waals surface area contributed by atoms with Crippen molar-refractivity contribution in [3.63, 3.8) is 0 Å². The van der Waals surface area contributed by atoms with Crippen molar-refractivity contribution in [3.05, 3.63) is 0 Å². The summed E-state index contributed by atoms with van der Waals surface area (Å²) in [6.45, 7) is 2.82. The van der Waals surface area contributed by atoms with E-state index in [2.05, 4.69) is 16.7 Å². The van der Waals surface area contributed by atoms with Gasteiger partial charge in [0.2, 0.25) is 0 Å². The Morgan fingerprint density at radius 1 is 1.27 bits per heavy atom. The molecule has 1 heterocycles. The summed E-state index contributed by atoms with van der Waals surface area (Å²) in [6, 6.07) is 0. The smallest absolute Gasteiger partial charge is 0.104 e.